The van der Waals surface area contributed by atoms with Crippen molar-refractivity contribution in [3.63, 3.8) is 0 Å². The Balaban J connectivity index is 2.14. The van der Waals surface area contributed by atoms with Crippen LogP contribution in [0, 0.1) is 13.8 Å². The molecule has 1 aromatic carbocycles. The number of thiazole rings is 1. The molecule has 4 nitrogen and oxygen atoms in total. The molecule has 0 saturated heterocycles. The van der Waals surface area contributed by atoms with Gasteiger partial charge >= 0.3 is 0 Å². The zero-order valence-electron chi connectivity index (χ0n) is 11.3. The summed E-state index contributed by atoms with van der Waals surface area (Å²) in [4.78, 5) is 16.1. The van der Waals surface area contributed by atoms with Gasteiger partial charge in [-0.15, -0.1) is 11.3 Å². The molecule has 0 fully saturated rings. The van der Waals surface area contributed by atoms with Crippen LogP contribution < -0.4 is 10.6 Å². The van der Waals surface area contributed by atoms with Gasteiger partial charge in [0.25, 0.3) is 5.91 Å². The lowest BCUT2D eigenvalue weighted by molar-refractivity contribution is 0.0962. The van der Waals surface area contributed by atoms with E-state index in [2.05, 4.69) is 15.6 Å². The van der Waals surface area contributed by atoms with E-state index in [4.69, 9.17) is 0 Å². The monoisotopic (exact) mass is 275 g/mol. The number of amides is 1. The third kappa shape index (κ3) is 3.12. The van der Waals surface area contributed by atoms with E-state index in [9.17, 15) is 4.79 Å². The number of carbonyl (C=O) groups is 1. The molecule has 100 valence electrons. The van der Waals surface area contributed by atoms with Crippen molar-refractivity contribution in [3.8, 4) is 0 Å². The van der Waals surface area contributed by atoms with Crippen molar-refractivity contribution in [1.82, 2.24) is 10.3 Å². The molecule has 2 aromatic rings. The molecule has 0 atom stereocenters. The summed E-state index contributed by atoms with van der Waals surface area (Å²) in [5, 5.41) is 9.08. The summed E-state index contributed by atoms with van der Waals surface area (Å²) in [5.74, 6) is -0.0642. The highest BCUT2D eigenvalue weighted by Crippen LogP contribution is 2.20. The van der Waals surface area contributed by atoms with Crippen molar-refractivity contribution in [2.24, 2.45) is 0 Å². The number of aryl methyl sites for hydroxylation is 1. The summed E-state index contributed by atoms with van der Waals surface area (Å²) in [6, 6.07) is 5.68. The van der Waals surface area contributed by atoms with E-state index >= 15 is 0 Å². The molecule has 0 aliphatic carbocycles. The Morgan fingerprint density at radius 1 is 1.37 bits per heavy atom. The Labute approximate surface area is 116 Å². The predicted molar refractivity (Wildman–Crippen MR) is 78.7 cm³/mol. The van der Waals surface area contributed by atoms with E-state index in [-0.39, 0.29) is 5.91 Å². The largest absolute Gasteiger partial charge is 0.379 e. The van der Waals surface area contributed by atoms with Crippen molar-refractivity contribution in [2.75, 3.05) is 12.4 Å². The highest BCUT2D eigenvalue weighted by molar-refractivity contribution is 7.09. The Hall–Kier alpha value is -1.88. The zero-order valence-corrected chi connectivity index (χ0v) is 12.1. The average Bonchev–Trinajstić information content (AvgIpc) is 2.82. The van der Waals surface area contributed by atoms with Crippen LogP contribution in [-0.4, -0.2) is 17.9 Å². The molecule has 1 aromatic heterocycles. The minimum absolute atomic E-state index is 0.0642. The lowest BCUT2D eigenvalue weighted by Gasteiger charge is -2.11. The Kier molecular flexibility index (Phi) is 4.16. The van der Waals surface area contributed by atoms with Crippen LogP contribution >= 0.6 is 11.3 Å². The van der Waals surface area contributed by atoms with Crippen LogP contribution in [0.3, 0.4) is 0 Å². The predicted octanol–water partition coefficient (Wildman–Crippen LogP) is 2.73. The molecule has 5 heteroatoms. The topological polar surface area (TPSA) is 54.0 Å². The summed E-state index contributed by atoms with van der Waals surface area (Å²) in [6.07, 6.45) is 0. The molecule has 2 rings (SSSR count). The molecular formula is C14H17N3OS. The maximum Gasteiger partial charge on any atom is 0.251 e. The first-order valence-corrected chi connectivity index (χ1v) is 6.96. The Bertz CT molecular complexity index is 592. The second kappa shape index (κ2) is 5.84. The van der Waals surface area contributed by atoms with Gasteiger partial charge in [-0.1, -0.05) is 6.07 Å². The molecule has 0 unspecified atom stereocenters. The Morgan fingerprint density at radius 3 is 2.79 bits per heavy atom. The maximum atomic E-state index is 11.7. The van der Waals surface area contributed by atoms with E-state index < -0.39 is 0 Å². The third-order valence-corrected chi connectivity index (χ3v) is 3.75. The molecule has 1 heterocycles. The number of aromatic nitrogens is 1. The van der Waals surface area contributed by atoms with Gasteiger partial charge in [0.1, 0.15) is 0 Å². The van der Waals surface area contributed by atoms with Crippen molar-refractivity contribution >= 4 is 22.9 Å². The van der Waals surface area contributed by atoms with E-state index in [0.717, 1.165) is 22.0 Å². The molecule has 0 aliphatic rings. The van der Waals surface area contributed by atoms with Gasteiger partial charge in [-0.3, -0.25) is 4.79 Å². The minimum atomic E-state index is -0.0642. The van der Waals surface area contributed by atoms with Crippen molar-refractivity contribution in [1.29, 1.82) is 0 Å². The van der Waals surface area contributed by atoms with E-state index in [0.29, 0.717) is 12.1 Å². The van der Waals surface area contributed by atoms with Crippen LogP contribution in [0.4, 0.5) is 5.69 Å². The second-order valence-electron chi connectivity index (χ2n) is 4.27. The lowest BCUT2D eigenvalue weighted by Crippen LogP contribution is -2.19. The van der Waals surface area contributed by atoms with Crippen LogP contribution in [0.15, 0.2) is 23.6 Å². The maximum absolute atomic E-state index is 11.7. The van der Waals surface area contributed by atoms with E-state index in [1.807, 2.05) is 37.4 Å². The fraction of sp³-hybridized carbons (Fsp3) is 0.286. The first kappa shape index (κ1) is 13.5. The molecule has 0 bridgehead atoms. The van der Waals surface area contributed by atoms with Gasteiger partial charge in [0, 0.05) is 23.7 Å². The molecule has 19 heavy (non-hydrogen) atoms. The SMILES string of the molecule is CNC(=O)c1cccc(NCc2csc(C)n2)c1C. The average molecular weight is 275 g/mol. The summed E-state index contributed by atoms with van der Waals surface area (Å²) in [6.45, 7) is 4.60. The van der Waals surface area contributed by atoms with Gasteiger partial charge in [0.15, 0.2) is 0 Å². The molecule has 2 N–H and O–H groups in total. The highest BCUT2D eigenvalue weighted by atomic mass is 32.1. The van der Waals surface area contributed by atoms with Crippen molar-refractivity contribution in [2.45, 2.75) is 20.4 Å². The normalized spacial score (nSPS) is 10.3. The highest BCUT2D eigenvalue weighted by Gasteiger charge is 2.10. The summed E-state index contributed by atoms with van der Waals surface area (Å²) in [7, 11) is 1.64. The molecular weight excluding hydrogens is 258 g/mol. The van der Waals surface area contributed by atoms with Crippen LogP contribution in [0.25, 0.3) is 0 Å². The summed E-state index contributed by atoms with van der Waals surface area (Å²) >= 11 is 1.64. The van der Waals surface area contributed by atoms with Crippen LogP contribution in [-0.2, 0) is 6.54 Å². The van der Waals surface area contributed by atoms with Crippen LogP contribution in [0.1, 0.15) is 26.6 Å². The van der Waals surface area contributed by atoms with E-state index in [1.165, 1.54) is 0 Å². The fourth-order valence-electron chi connectivity index (χ4n) is 1.88. The quantitative estimate of drug-likeness (QED) is 0.902. The summed E-state index contributed by atoms with van der Waals surface area (Å²) < 4.78 is 0. The van der Waals surface area contributed by atoms with Gasteiger partial charge in [-0.05, 0) is 31.5 Å². The fourth-order valence-corrected chi connectivity index (χ4v) is 2.50. The number of anilines is 1. The van der Waals surface area contributed by atoms with Gasteiger partial charge in [0.05, 0.1) is 17.2 Å². The zero-order chi connectivity index (χ0) is 13.8. The number of hydrogen-bond donors (Lipinski definition) is 2. The number of benzene rings is 1. The first-order chi connectivity index (χ1) is 9.11. The third-order valence-electron chi connectivity index (χ3n) is 2.93. The standard InChI is InChI=1S/C14H17N3OS/c1-9-12(14(18)15-3)5-4-6-13(9)16-7-11-8-19-10(2)17-11/h4-6,8,16H,7H2,1-3H3,(H,15,18). The van der Waals surface area contributed by atoms with Crippen molar-refractivity contribution < 1.29 is 4.79 Å². The minimum Gasteiger partial charge on any atom is -0.379 e. The number of nitrogens with one attached hydrogen (secondary N) is 2. The molecule has 0 spiro atoms. The molecule has 0 saturated carbocycles. The molecule has 0 aliphatic heterocycles. The second-order valence-corrected chi connectivity index (χ2v) is 5.33. The molecule has 0 radical (unpaired) electrons. The van der Waals surface area contributed by atoms with Crippen LogP contribution in [0.2, 0.25) is 0 Å². The lowest BCUT2D eigenvalue weighted by atomic mass is 10.1. The van der Waals surface area contributed by atoms with E-state index in [1.54, 1.807) is 18.4 Å². The van der Waals surface area contributed by atoms with Crippen LogP contribution in [0.5, 0.6) is 0 Å². The number of hydrogen-bond acceptors (Lipinski definition) is 4. The molecule has 1 amide bonds. The smallest absolute Gasteiger partial charge is 0.251 e. The van der Waals surface area contributed by atoms with Crippen molar-refractivity contribution in [3.05, 3.63) is 45.4 Å². The van der Waals surface area contributed by atoms with Gasteiger partial charge in [-0.25, -0.2) is 4.98 Å². The number of nitrogens with zero attached hydrogens (tertiary/aromatic N) is 1. The van der Waals surface area contributed by atoms with Gasteiger partial charge < -0.3 is 10.6 Å². The first-order valence-electron chi connectivity index (χ1n) is 6.08. The van der Waals surface area contributed by atoms with Gasteiger partial charge in [0.2, 0.25) is 0 Å². The van der Waals surface area contributed by atoms with Gasteiger partial charge in [-0.2, -0.15) is 0 Å². The Morgan fingerprint density at radius 2 is 2.16 bits per heavy atom. The number of rotatable bonds is 4. The summed E-state index contributed by atoms with van der Waals surface area (Å²) in [5.41, 5.74) is 3.63. The number of carbonyl (C=O) groups excluding carboxylic acids is 1.